The number of nitrogens with one attached hydrogen (secondary N) is 1. The molecule has 6 heteroatoms. The number of hydrogen-bond donors (Lipinski definition) is 2. The fourth-order valence-corrected chi connectivity index (χ4v) is 0.497. The number of aromatic nitrogens is 2. The molecule has 0 atom stereocenters. The van der Waals surface area contributed by atoms with Gasteiger partial charge in [0, 0.05) is 0 Å². The summed E-state index contributed by atoms with van der Waals surface area (Å²) in [5.41, 5.74) is 2.15. The van der Waals surface area contributed by atoms with Crippen molar-refractivity contribution in [1.82, 2.24) is 15.5 Å². The van der Waals surface area contributed by atoms with Crippen molar-refractivity contribution < 1.29 is 4.79 Å². The number of hydrogen-bond acceptors (Lipinski definition) is 4. The Bertz CT molecular complexity index is 226. The number of carbonyl (C=O) groups excluding carboxylic acids is 1. The van der Waals surface area contributed by atoms with Gasteiger partial charge in [-0.3, -0.25) is 0 Å². The summed E-state index contributed by atoms with van der Waals surface area (Å²) in [6, 6.07) is 1.52. The van der Waals surface area contributed by atoms with Crippen LogP contribution in [-0.4, -0.2) is 23.1 Å². The van der Waals surface area contributed by atoms with Crippen LogP contribution in [0.1, 0.15) is 10.5 Å². The van der Waals surface area contributed by atoms with Crippen LogP contribution in [0.25, 0.3) is 0 Å². The summed E-state index contributed by atoms with van der Waals surface area (Å²) < 4.78 is 0. The third kappa shape index (κ3) is 1.35. The van der Waals surface area contributed by atoms with E-state index >= 15 is 0 Å². The van der Waals surface area contributed by atoms with Crippen molar-refractivity contribution in [2.75, 3.05) is 0 Å². The van der Waals surface area contributed by atoms with Crippen molar-refractivity contribution in [3.05, 3.63) is 17.7 Å². The molecule has 0 bridgehead atoms. The third-order valence-electron chi connectivity index (χ3n) is 0.936. The van der Waals surface area contributed by atoms with E-state index < -0.39 is 5.91 Å². The van der Waals surface area contributed by atoms with Gasteiger partial charge in [0.05, 0.1) is 0 Å². The van der Waals surface area contributed by atoms with Gasteiger partial charge in [-0.2, -0.15) is 0 Å². The van der Waals surface area contributed by atoms with Crippen LogP contribution in [-0.2, 0) is 0 Å². The molecule has 0 fully saturated rings. The van der Waals surface area contributed by atoms with Crippen LogP contribution in [0.3, 0.4) is 0 Å². The number of nitrogens with zero attached hydrogens (tertiary/aromatic N) is 2. The van der Waals surface area contributed by atoms with Crippen molar-refractivity contribution in [1.29, 1.82) is 0 Å². The minimum absolute atomic E-state index is 0.213. The van der Waals surface area contributed by atoms with Crippen molar-refractivity contribution in [3.63, 3.8) is 0 Å². The van der Waals surface area contributed by atoms with Gasteiger partial charge in [-0.1, -0.05) is 0 Å². The van der Waals surface area contributed by atoms with E-state index in [9.17, 15) is 4.79 Å². The first-order chi connectivity index (χ1) is 4.84. The molecule has 1 aromatic rings. The maximum atomic E-state index is 10.7. The van der Waals surface area contributed by atoms with E-state index in [2.05, 4.69) is 10.1 Å². The first-order valence-electron chi connectivity index (χ1n) is 2.63. The molecule has 1 heterocycles. The normalized spacial score (nSPS) is 8.50. The molecule has 5 nitrogen and oxygen atoms in total. The average molecular weight is 136 g/mol. The molecule has 1 amide bonds. The van der Waals surface area contributed by atoms with Crippen molar-refractivity contribution >= 4 is 13.0 Å². The van der Waals surface area contributed by atoms with Gasteiger partial charge in [0.15, 0.2) is 0 Å². The van der Waals surface area contributed by atoms with Crippen molar-refractivity contribution in [3.8, 4) is 0 Å². The predicted octanol–water partition coefficient (Wildman–Crippen LogP) is -1.58. The molecule has 0 radical (unpaired) electrons. The number of rotatable bonds is 1. The topological polar surface area (TPSA) is 80.9 Å². The number of nitrogens with two attached hydrogens (primary N) is 1. The molecule has 10 heavy (non-hydrogen) atoms. The fraction of sp³-hybridized carbons (Fsp3) is 0. The van der Waals surface area contributed by atoms with Crippen LogP contribution in [0.2, 0.25) is 0 Å². The molecular formula is C4H5BN4O. The molecule has 0 spiro atoms. The summed E-state index contributed by atoms with van der Waals surface area (Å²) in [5, 5.41) is 6.99. The predicted molar refractivity (Wildman–Crippen MR) is 35.0 cm³/mol. The van der Waals surface area contributed by atoms with Gasteiger partial charge in [0.25, 0.3) is 0 Å². The maximum absolute atomic E-state index is 10.7. The van der Waals surface area contributed by atoms with E-state index in [0.29, 0.717) is 0 Å². The molecule has 1 aromatic heterocycles. The van der Waals surface area contributed by atoms with E-state index in [1.54, 1.807) is 5.96 Å². The van der Waals surface area contributed by atoms with Gasteiger partial charge in [0.2, 0.25) is 0 Å². The summed E-state index contributed by atoms with van der Waals surface area (Å²) in [4.78, 5) is 10.7. The SMILES string of the molecule is NNC(=O)c1ccbnn1. The number of nitrogen functional groups attached to an aromatic ring is 1. The van der Waals surface area contributed by atoms with Crippen LogP contribution in [0.5, 0.6) is 0 Å². The van der Waals surface area contributed by atoms with Crippen molar-refractivity contribution in [2.24, 2.45) is 5.84 Å². The van der Waals surface area contributed by atoms with E-state index in [4.69, 9.17) is 5.84 Å². The Morgan fingerprint density at radius 3 is 3.10 bits per heavy atom. The van der Waals surface area contributed by atoms with Gasteiger partial charge in [-0.15, -0.1) is 0 Å². The molecule has 0 unspecified atom stereocenters. The van der Waals surface area contributed by atoms with E-state index in [-0.39, 0.29) is 5.69 Å². The van der Waals surface area contributed by atoms with Crippen LogP contribution in [0.15, 0.2) is 12.0 Å². The van der Waals surface area contributed by atoms with Crippen molar-refractivity contribution in [2.45, 2.75) is 0 Å². The standard InChI is InChI=1S/C4H5BN4O/c6-7-4(10)3-1-2-5-9-8-3/h1-2H,6H2,(H,7,10). The number of hydrazine groups is 1. The number of carbonyl (C=O) groups is 1. The molecule has 0 saturated heterocycles. The second-order valence-electron chi connectivity index (χ2n) is 1.58. The Morgan fingerprint density at radius 1 is 1.80 bits per heavy atom. The molecule has 3 N–H and O–H groups in total. The Hall–Kier alpha value is -1.30. The van der Waals surface area contributed by atoms with Gasteiger partial charge >= 0.3 is 56.8 Å². The van der Waals surface area contributed by atoms with Crippen LogP contribution >= 0.6 is 0 Å². The fourth-order valence-electron chi connectivity index (χ4n) is 0.497. The summed E-state index contributed by atoms with van der Waals surface area (Å²) in [7, 11) is 1.48. The average Bonchev–Trinajstić information content (AvgIpc) is 2.05. The van der Waals surface area contributed by atoms with E-state index in [1.807, 2.05) is 5.43 Å². The second kappa shape index (κ2) is 3.02. The number of amides is 1. The quantitative estimate of drug-likeness (QED) is 0.277. The monoisotopic (exact) mass is 136 g/mol. The molecule has 0 aliphatic carbocycles. The molecular weight excluding hydrogens is 131 g/mol. The zero-order chi connectivity index (χ0) is 7.40. The van der Waals surface area contributed by atoms with E-state index in [1.165, 1.54) is 13.1 Å². The van der Waals surface area contributed by atoms with Gasteiger partial charge < -0.3 is 0 Å². The third-order valence-corrected chi connectivity index (χ3v) is 0.936. The summed E-state index contributed by atoms with van der Waals surface area (Å²) in [6.07, 6.45) is 0. The molecule has 1 rings (SSSR count). The molecule has 0 aliphatic rings. The Morgan fingerprint density at radius 2 is 2.60 bits per heavy atom. The van der Waals surface area contributed by atoms with Crippen LogP contribution in [0, 0.1) is 0 Å². The molecule has 0 saturated carbocycles. The Kier molecular flexibility index (Phi) is 2.06. The first kappa shape index (κ1) is 6.82. The zero-order valence-electron chi connectivity index (χ0n) is 5.11. The van der Waals surface area contributed by atoms with Gasteiger partial charge in [0.1, 0.15) is 0 Å². The first-order valence-corrected chi connectivity index (χ1v) is 2.63. The van der Waals surface area contributed by atoms with Gasteiger partial charge in [-0.25, -0.2) is 0 Å². The van der Waals surface area contributed by atoms with Gasteiger partial charge in [-0.05, 0) is 0 Å². The second-order valence-corrected chi connectivity index (χ2v) is 1.58. The molecule has 0 aromatic carbocycles. The summed E-state index contributed by atoms with van der Waals surface area (Å²) in [5.74, 6) is 6.01. The minimum atomic E-state index is -0.437. The zero-order valence-corrected chi connectivity index (χ0v) is 5.11. The summed E-state index contributed by atoms with van der Waals surface area (Å²) >= 11 is 0. The van der Waals surface area contributed by atoms with Crippen LogP contribution < -0.4 is 11.3 Å². The molecule has 50 valence electrons. The summed E-state index contributed by atoms with van der Waals surface area (Å²) in [6.45, 7) is 0. The Labute approximate surface area is 57.8 Å². The Balaban J connectivity index is 2.85. The van der Waals surface area contributed by atoms with E-state index in [0.717, 1.165) is 0 Å². The van der Waals surface area contributed by atoms with Crippen LogP contribution in [0.4, 0.5) is 0 Å². The molecule has 0 aliphatic heterocycles.